The largest absolute Gasteiger partial charge is 0.375 e. The van der Waals surface area contributed by atoms with Gasteiger partial charge < -0.3 is 15.0 Å². The number of likely N-dealkylation sites (tertiary alicyclic amines) is 1. The van der Waals surface area contributed by atoms with E-state index in [2.05, 4.69) is 29.0 Å². The van der Waals surface area contributed by atoms with Gasteiger partial charge in [0, 0.05) is 39.0 Å². The maximum atomic E-state index is 12.2. The number of carbonyl (C=O) groups excluding carboxylic acids is 1. The van der Waals surface area contributed by atoms with E-state index in [0.717, 1.165) is 57.8 Å². The molecule has 3 heterocycles. The molecule has 0 aliphatic carbocycles. The van der Waals surface area contributed by atoms with E-state index < -0.39 is 0 Å². The first-order valence-electron chi connectivity index (χ1n) is 9.62. The summed E-state index contributed by atoms with van der Waals surface area (Å²) in [6, 6.07) is 5.42. The van der Waals surface area contributed by atoms with E-state index in [-0.39, 0.29) is 11.5 Å². The Bertz CT molecular complexity index is 553. The summed E-state index contributed by atoms with van der Waals surface area (Å²) in [7, 11) is 0. The molecule has 2 aliphatic heterocycles. The lowest BCUT2D eigenvalue weighted by Gasteiger charge is -2.46. The Labute approximate surface area is 151 Å². The second-order valence-electron chi connectivity index (χ2n) is 8.01. The van der Waals surface area contributed by atoms with Crippen LogP contribution in [-0.4, -0.2) is 54.2 Å². The SMILES string of the molecule is CC(C)CN1CCC2(CC1)CC(CNC(=O)c1ccccn1)CCO2. The predicted molar refractivity (Wildman–Crippen MR) is 98.5 cm³/mol. The third kappa shape index (κ3) is 5.02. The maximum absolute atomic E-state index is 12.2. The Balaban J connectivity index is 1.48. The van der Waals surface area contributed by atoms with Gasteiger partial charge in [0.25, 0.3) is 5.91 Å². The fraction of sp³-hybridized carbons (Fsp3) is 0.700. The summed E-state index contributed by atoms with van der Waals surface area (Å²) >= 11 is 0. The number of rotatable bonds is 5. The zero-order chi connectivity index (χ0) is 17.7. The molecule has 1 N–H and O–H groups in total. The van der Waals surface area contributed by atoms with Crippen molar-refractivity contribution in [2.75, 3.05) is 32.8 Å². The Kier molecular flexibility index (Phi) is 6.07. The van der Waals surface area contributed by atoms with E-state index in [0.29, 0.717) is 11.6 Å². The van der Waals surface area contributed by atoms with Gasteiger partial charge in [-0.1, -0.05) is 19.9 Å². The summed E-state index contributed by atoms with van der Waals surface area (Å²) < 4.78 is 6.23. The Hall–Kier alpha value is -1.46. The summed E-state index contributed by atoms with van der Waals surface area (Å²) in [5, 5.41) is 3.06. The fourth-order valence-electron chi connectivity index (χ4n) is 4.14. The fourth-order valence-corrected chi connectivity index (χ4v) is 4.14. The number of amides is 1. The monoisotopic (exact) mass is 345 g/mol. The van der Waals surface area contributed by atoms with Crippen LogP contribution in [-0.2, 0) is 4.74 Å². The number of carbonyl (C=O) groups is 1. The predicted octanol–water partition coefficient (Wildman–Crippen LogP) is 2.73. The highest BCUT2D eigenvalue weighted by Crippen LogP contribution is 2.37. The van der Waals surface area contributed by atoms with Gasteiger partial charge in [0.15, 0.2) is 0 Å². The molecule has 1 aromatic heterocycles. The molecular formula is C20H31N3O2. The highest BCUT2D eigenvalue weighted by Gasteiger charge is 2.40. The van der Waals surface area contributed by atoms with Gasteiger partial charge in [0.05, 0.1) is 5.60 Å². The number of hydrogen-bond donors (Lipinski definition) is 1. The van der Waals surface area contributed by atoms with E-state index >= 15 is 0 Å². The number of nitrogens with one attached hydrogen (secondary N) is 1. The van der Waals surface area contributed by atoms with E-state index in [9.17, 15) is 4.79 Å². The van der Waals surface area contributed by atoms with Crippen molar-refractivity contribution in [3.05, 3.63) is 30.1 Å². The molecule has 1 unspecified atom stereocenters. The molecular weight excluding hydrogens is 314 g/mol. The standard InChI is InChI=1S/C20H31N3O2/c1-16(2)15-23-10-7-20(8-11-23)13-17(6-12-25-20)14-22-19(24)18-5-3-4-9-21-18/h3-5,9,16-17H,6-8,10-15H2,1-2H3,(H,22,24). The summed E-state index contributed by atoms with van der Waals surface area (Å²) in [5.41, 5.74) is 0.526. The van der Waals surface area contributed by atoms with E-state index in [1.54, 1.807) is 12.3 Å². The smallest absolute Gasteiger partial charge is 0.269 e. The van der Waals surface area contributed by atoms with Crippen LogP contribution in [0.15, 0.2) is 24.4 Å². The first-order chi connectivity index (χ1) is 12.1. The second-order valence-corrected chi connectivity index (χ2v) is 8.01. The van der Waals surface area contributed by atoms with Crippen molar-refractivity contribution in [2.24, 2.45) is 11.8 Å². The van der Waals surface area contributed by atoms with Gasteiger partial charge in [-0.25, -0.2) is 0 Å². The second kappa shape index (κ2) is 8.28. The lowest BCUT2D eigenvalue weighted by molar-refractivity contribution is -0.127. The van der Waals surface area contributed by atoms with Crippen LogP contribution in [0.3, 0.4) is 0 Å². The Morgan fingerprint density at radius 2 is 2.20 bits per heavy atom. The number of pyridine rings is 1. The highest BCUT2D eigenvalue weighted by molar-refractivity contribution is 5.92. The third-order valence-electron chi connectivity index (χ3n) is 5.43. The van der Waals surface area contributed by atoms with Crippen molar-refractivity contribution in [3.8, 4) is 0 Å². The van der Waals surface area contributed by atoms with Crippen molar-refractivity contribution >= 4 is 5.91 Å². The number of ether oxygens (including phenoxy) is 1. The first kappa shape index (κ1) is 18.3. The molecule has 1 amide bonds. The maximum Gasteiger partial charge on any atom is 0.269 e. The minimum Gasteiger partial charge on any atom is -0.375 e. The lowest BCUT2D eigenvalue weighted by Crippen LogP contribution is -2.51. The van der Waals surface area contributed by atoms with Crippen LogP contribution in [0, 0.1) is 11.8 Å². The molecule has 2 saturated heterocycles. The number of piperidine rings is 1. The van der Waals surface area contributed by atoms with Gasteiger partial charge in [0.1, 0.15) is 5.69 Å². The van der Waals surface area contributed by atoms with Crippen molar-refractivity contribution in [2.45, 2.75) is 45.1 Å². The molecule has 2 aliphatic rings. The van der Waals surface area contributed by atoms with Crippen molar-refractivity contribution in [3.63, 3.8) is 0 Å². The molecule has 2 fully saturated rings. The molecule has 1 aromatic rings. The summed E-state index contributed by atoms with van der Waals surface area (Å²) in [6.45, 7) is 9.53. The van der Waals surface area contributed by atoms with E-state index in [1.165, 1.54) is 6.54 Å². The lowest BCUT2D eigenvalue weighted by atomic mass is 9.79. The number of nitrogens with zero attached hydrogens (tertiary/aromatic N) is 2. The first-order valence-corrected chi connectivity index (χ1v) is 9.62. The molecule has 0 radical (unpaired) electrons. The third-order valence-corrected chi connectivity index (χ3v) is 5.43. The van der Waals surface area contributed by atoms with Gasteiger partial charge in [-0.3, -0.25) is 9.78 Å². The molecule has 25 heavy (non-hydrogen) atoms. The zero-order valence-corrected chi connectivity index (χ0v) is 15.5. The van der Waals surface area contributed by atoms with Gasteiger partial charge in [-0.05, 0) is 49.7 Å². The molecule has 1 atom stereocenters. The average Bonchev–Trinajstić information content (AvgIpc) is 2.62. The van der Waals surface area contributed by atoms with Gasteiger partial charge >= 0.3 is 0 Å². The van der Waals surface area contributed by atoms with E-state index in [4.69, 9.17) is 4.74 Å². The minimum atomic E-state index is -0.0760. The molecule has 138 valence electrons. The highest BCUT2D eigenvalue weighted by atomic mass is 16.5. The molecule has 0 saturated carbocycles. The Morgan fingerprint density at radius 3 is 2.88 bits per heavy atom. The van der Waals surface area contributed by atoms with Crippen LogP contribution >= 0.6 is 0 Å². The van der Waals surface area contributed by atoms with Crippen LogP contribution in [0.2, 0.25) is 0 Å². The van der Waals surface area contributed by atoms with Crippen LogP contribution in [0.5, 0.6) is 0 Å². The molecule has 5 heteroatoms. The average molecular weight is 345 g/mol. The van der Waals surface area contributed by atoms with Crippen molar-refractivity contribution < 1.29 is 9.53 Å². The molecule has 0 aromatic carbocycles. The van der Waals surface area contributed by atoms with E-state index in [1.807, 2.05) is 12.1 Å². The molecule has 0 bridgehead atoms. The molecule has 3 rings (SSSR count). The van der Waals surface area contributed by atoms with Crippen LogP contribution in [0.1, 0.15) is 50.0 Å². The number of hydrogen-bond acceptors (Lipinski definition) is 4. The minimum absolute atomic E-state index is 0.0338. The van der Waals surface area contributed by atoms with Crippen LogP contribution in [0.25, 0.3) is 0 Å². The number of aromatic nitrogens is 1. The van der Waals surface area contributed by atoms with Crippen LogP contribution < -0.4 is 5.32 Å². The normalized spacial score (nSPS) is 23.7. The molecule has 5 nitrogen and oxygen atoms in total. The molecule has 1 spiro atoms. The summed E-state index contributed by atoms with van der Waals surface area (Å²) in [5.74, 6) is 1.14. The van der Waals surface area contributed by atoms with Crippen molar-refractivity contribution in [1.29, 1.82) is 0 Å². The summed E-state index contributed by atoms with van der Waals surface area (Å²) in [6.07, 6.45) is 5.98. The zero-order valence-electron chi connectivity index (χ0n) is 15.5. The van der Waals surface area contributed by atoms with Gasteiger partial charge in [0.2, 0.25) is 0 Å². The van der Waals surface area contributed by atoms with Gasteiger partial charge in [-0.15, -0.1) is 0 Å². The van der Waals surface area contributed by atoms with Crippen molar-refractivity contribution in [1.82, 2.24) is 15.2 Å². The quantitative estimate of drug-likeness (QED) is 0.891. The Morgan fingerprint density at radius 1 is 1.40 bits per heavy atom. The van der Waals surface area contributed by atoms with Crippen LogP contribution in [0.4, 0.5) is 0 Å². The summed E-state index contributed by atoms with van der Waals surface area (Å²) in [4.78, 5) is 18.9. The van der Waals surface area contributed by atoms with Gasteiger partial charge in [-0.2, -0.15) is 0 Å². The topological polar surface area (TPSA) is 54.5 Å².